The molecule has 0 radical (unpaired) electrons. The van der Waals surface area contributed by atoms with E-state index in [0.717, 1.165) is 4.90 Å². The molecule has 2 heteroatoms. The molecule has 1 aromatic carbocycles. The van der Waals surface area contributed by atoms with Crippen molar-refractivity contribution in [3.63, 3.8) is 0 Å². The molecular weight excluding hydrogens is 176 g/mol. The summed E-state index contributed by atoms with van der Waals surface area (Å²) >= 11 is 0. The van der Waals surface area contributed by atoms with Crippen molar-refractivity contribution in [1.29, 1.82) is 0 Å². The molecule has 0 aliphatic carbocycles. The summed E-state index contributed by atoms with van der Waals surface area (Å²) in [7, 11) is 4.42. The third-order valence-electron chi connectivity index (χ3n) is 1.44. The van der Waals surface area contributed by atoms with Crippen LogP contribution in [0.5, 0.6) is 0 Å². The van der Waals surface area contributed by atoms with E-state index >= 15 is 0 Å². The van der Waals surface area contributed by atoms with E-state index in [9.17, 15) is 0 Å². The van der Waals surface area contributed by atoms with Gasteiger partial charge in [-0.05, 0) is 19.1 Å². The molecule has 0 spiro atoms. The number of hydrogen-bond donors (Lipinski definition) is 0. The second kappa shape index (κ2) is 2.92. The number of rotatable bonds is 1. The van der Waals surface area contributed by atoms with Gasteiger partial charge in [0, 0.05) is 4.90 Å². The third kappa shape index (κ3) is 2.28. The first-order valence-electron chi connectivity index (χ1n) is 3.26. The Morgan fingerprint density at radius 1 is 1.18 bits per heavy atom. The lowest BCUT2D eigenvalue weighted by atomic mass is 10.2. The summed E-state index contributed by atoms with van der Waals surface area (Å²) in [6, 6.07) is 8.01. The van der Waals surface area contributed by atoms with Gasteiger partial charge < -0.3 is 0 Å². The van der Waals surface area contributed by atoms with E-state index in [-0.39, 0.29) is 0 Å². The van der Waals surface area contributed by atoms with Crippen molar-refractivity contribution in [2.45, 2.75) is 11.8 Å². The van der Waals surface area contributed by atoms with Crippen LogP contribution in [0.25, 0.3) is 0 Å². The molecule has 0 fully saturated rings. The Balaban J connectivity index is 3.20. The Morgan fingerprint density at radius 3 is 2.00 bits per heavy atom. The molecular formula is C9H11ClS. The lowest BCUT2D eigenvalue weighted by molar-refractivity contribution is 1.38. The number of aryl methyl sites for hydroxylation is 1. The summed E-state index contributed by atoms with van der Waals surface area (Å²) in [6.45, 7) is 2.04. The zero-order valence-corrected chi connectivity index (χ0v) is 8.08. The first kappa shape index (κ1) is 8.69. The van der Waals surface area contributed by atoms with E-state index < -0.39 is 8.42 Å². The van der Waals surface area contributed by atoms with Gasteiger partial charge in [0.15, 0.2) is 0 Å². The number of hydrogen-bond acceptors (Lipinski definition) is 0. The summed E-state index contributed by atoms with van der Waals surface area (Å²) in [5, 5.41) is 0. The summed E-state index contributed by atoms with van der Waals surface area (Å²) in [5.41, 5.74) is 1.23. The quantitative estimate of drug-likeness (QED) is 0.591. The third-order valence-corrected chi connectivity index (χ3v) is 3.09. The van der Waals surface area contributed by atoms with E-state index in [1.54, 1.807) is 0 Å². The summed E-state index contributed by atoms with van der Waals surface area (Å²) in [4.78, 5) is 1.03. The van der Waals surface area contributed by atoms with Crippen LogP contribution in [0.15, 0.2) is 29.2 Å². The highest BCUT2D eigenvalue weighted by molar-refractivity contribution is 8.45. The Kier molecular flexibility index (Phi) is 2.31. The van der Waals surface area contributed by atoms with Crippen LogP contribution >= 0.6 is 19.1 Å². The van der Waals surface area contributed by atoms with Crippen LogP contribution in [0.2, 0.25) is 0 Å². The van der Waals surface area contributed by atoms with Crippen LogP contribution in [0, 0.1) is 6.92 Å². The van der Waals surface area contributed by atoms with E-state index in [0.29, 0.717) is 0 Å². The second-order valence-electron chi connectivity index (χ2n) is 2.60. The summed E-state index contributed by atoms with van der Waals surface area (Å²) < 4.78 is 0. The smallest absolute Gasteiger partial charge is 0.00942 e. The van der Waals surface area contributed by atoms with Crippen LogP contribution in [-0.4, -0.2) is 11.7 Å². The van der Waals surface area contributed by atoms with Gasteiger partial charge >= 0.3 is 0 Å². The summed E-state index contributed by atoms with van der Waals surface area (Å²) in [5.74, 6) is 7.62. The van der Waals surface area contributed by atoms with Gasteiger partial charge in [-0.15, -0.1) is 8.42 Å². The number of benzene rings is 1. The fourth-order valence-electron chi connectivity index (χ4n) is 0.782. The minimum atomic E-state index is -1.55. The molecule has 60 valence electrons. The second-order valence-corrected chi connectivity index (χ2v) is 6.42. The normalized spacial score (nSPS) is 11.5. The maximum atomic E-state index is 5.97. The lowest BCUT2D eigenvalue weighted by Crippen LogP contribution is -1.74. The standard InChI is InChI=1S/C9H11ClS/c1-8-4-6-9(7-5-8)11(2,3)10/h4-7H,2-3H2,1H3. The molecule has 0 aromatic heterocycles. The van der Waals surface area contributed by atoms with Crippen LogP contribution in [-0.2, 0) is 0 Å². The highest BCUT2D eigenvalue weighted by Gasteiger charge is 1.94. The first-order valence-corrected chi connectivity index (χ1v) is 6.05. The van der Waals surface area contributed by atoms with Crippen molar-refractivity contribution < 1.29 is 0 Å². The molecule has 0 aliphatic rings. The van der Waals surface area contributed by atoms with Gasteiger partial charge in [0.05, 0.1) is 0 Å². The van der Waals surface area contributed by atoms with Crippen molar-refractivity contribution in [3.8, 4) is 0 Å². The van der Waals surface area contributed by atoms with Gasteiger partial charge in [0.2, 0.25) is 0 Å². The molecule has 0 heterocycles. The Bertz CT molecular complexity index is 332. The highest BCUT2D eigenvalue weighted by atomic mass is 35.7. The zero-order chi connectivity index (χ0) is 8.48. The fourth-order valence-corrected chi connectivity index (χ4v) is 1.71. The van der Waals surface area contributed by atoms with Gasteiger partial charge in [0.25, 0.3) is 0 Å². The van der Waals surface area contributed by atoms with Gasteiger partial charge in [-0.3, -0.25) is 0 Å². The topological polar surface area (TPSA) is 0 Å². The van der Waals surface area contributed by atoms with Crippen molar-refractivity contribution in [2.75, 3.05) is 0 Å². The Morgan fingerprint density at radius 2 is 1.64 bits per heavy atom. The highest BCUT2D eigenvalue weighted by Crippen LogP contribution is 2.35. The molecule has 0 atom stereocenters. The largest absolute Gasteiger partial charge is 0.108 e. The molecule has 0 saturated carbocycles. The molecule has 0 unspecified atom stereocenters. The molecule has 0 saturated heterocycles. The first-order chi connectivity index (χ1) is 5.00. The fraction of sp³-hybridized carbons (Fsp3) is 0.111. The van der Waals surface area contributed by atoms with E-state index in [4.69, 9.17) is 10.7 Å². The number of halogens is 1. The molecule has 0 bridgehead atoms. The van der Waals surface area contributed by atoms with E-state index in [2.05, 4.69) is 11.7 Å². The van der Waals surface area contributed by atoms with Crippen molar-refractivity contribution in [3.05, 3.63) is 29.8 Å². The molecule has 0 aliphatic heterocycles. The Labute approximate surface area is 72.8 Å². The van der Waals surface area contributed by atoms with Crippen molar-refractivity contribution in [2.24, 2.45) is 0 Å². The van der Waals surface area contributed by atoms with Gasteiger partial charge in [-0.1, -0.05) is 40.1 Å². The molecule has 0 N–H and O–H groups in total. The predicted molar refractivity (Wildman–Crippen MR) is 57.1 cm³/mol. The van der Waals surface area contributed by atoms with Crippen LogP contribution in [0.1, 0.15) is 5.56 Å². The predicted octanol–water partition coefficient (Wildman–Crippen LogP) is 3.18. The lowest BCUT2D eigenvalue weighted by Gasteiger charge is -2.04. The van der Waals surface area contributed by atoms with Gasteiger partial charge in [0.1, 0.15) is 0 Å². The molecule has 0 nitrogen and oxygen atoms in total. The van der Waals surface area contributed by atoms with E-state index in [1.807, 2.05) is 31.2 Å². The maximum absolute atomic E-state index is 5.97. The average molecular weight is 187 g/mol. The van der Waals surface area contributed by atoms with Crippen molar-refractivity contribution >= 4 is 30.8 Å². The van der Waals surface area contributed by atoms with Crippen molar-refractivity contribution in [1.82, 2.24) is 0 Å². The zero-order valence-electron chi connectivity index (χ0n) is 6.51. The minimum absolute atomic E-state index is 1.03. The molecule has 1 rings (SSSR count). The van der Waals surface area contributed by atoms with Crippen LogP contribution in [0.3, 0.4) is 0 Å². The minimum Gasteiger partial charge on any atom is -0.108 e. The monoisotopic (exact) mass is 186 g/mol. The van der Waals surface area contributed by atoms with Gasteiger partial charge in [-0.2, -0.15) is 0 Å². The summed E-state index contributed by atoms with van der Waals surface area (Å²) in [6.07, 6.45) is 0. The van der Waals surface area contributed by atoms with Crippen LogP contribution in [0.4, 0.5) is 0 Å². The molecule has 0 amide bonds. The van der Waals surface area contributed by atoms with Gasteiger partial charge in [-0.25, -0.2) is 0 Å². The van der Waals surface area contributed by atoms with E-state index in [1.165, 1.54) is 5.56 Å². The van der Waals surface area contributed by atoms with Crippen LogP contribution < -0.4 is 0 Å². The molecule has 11 heavy (non-hydrogen) atoms. The maximum Gasteiger partial charge on any atom is 0.00942 e. The SMILES string of the molecule is C=S(=C)(Cl)c1ccc(C)cc1. The average Bonchev–Trinajstić information content (AvgIpc) is 1.86. The Hall–Kier alpha value is -0.400. The molecule has 1 aromatic rings.